The van der Waals surface area contributed by atoms with Crippen molar-refractivity contribution in [1.29, 1.82) is 0 Å². The van der Waals surface area contributed by atoms with Gasteiger partial charge in [-0.2, -0.15) is 0 Å². The molecule has 0 saturated heterocycles. The quantitative estimate of drug-likeness (QED) is 0.248. The molecule has 0 fully saturated rings. The highest BCUT2D eigenvalue weighted by molar-refractivity contribution is 7.09. The Hall–Kier alpha value is -2.82. The lowest BCUT2D eigenvalue weighted by Crippen LogP contribution is -2.51. The van der Waals surface area contributed by atoms with Gasteiger partial charge in [0.2, 0.25) is 5.91 Å². The third-order valence-corrected chi connectivity index (χ3v) is 8.59. The predicted octanol–water partition coefficient (Wildman–Crippen LogP) is 4.35. The number of carbonyl (C=O) groups excluding carboxylic acids is 3. The number of hydrogen-bond donors (Lipinski definition) is 3. The van der Waals surface area contributed by atoms with E-state index in [1.54, 1.807) is 31.2 Å². The highest BCUT2D eigenvalue weighted by Crippen LogP contribution is 2.28. The molecule has 228 valence electrons. The third-order valence-electron chi connectivity index (χ3n) is 7.65. The first-order valence-electron chi connectivity index (χ1n) is 14.6. The first-order valence-corrected chi connectivity index (χ1v) is 15.4. The minimum absolute atomic E-state index is 0.0497. The van der Waals surface area contributed by atoms with Gasteiger partial charge in [-0.05, 0) is 37.2 Å². The van der Waals surface area contributed by atoms with Gasteiger partial charge >= 0.3 is 5.97 Å². The van der Waals surface area contributed by atoms with Crippen LogP contribution in [0.5, 0.6) is 0 Å². The minimum Gasteiger partial charge on any atom is -0.466 e. The van der Waals surface area contributed by atoms with Crippen molar-refractivity contribution >= 4 is 29.1 Å². The van der Waals surface area contributed by atoms with Crippen LogP contribution >= 0.6 is 11.3 Å². The van der Waals surface area contributed by atoms with Crippen molar-refractivity contribution in [3.63, 3.8) is 0 Å². The van der Waals surface area contributed by atoms with Crippen molar-refractivity contribution in [3.8, 4) is 0 Å². The van der Waals surface area contributed by atoms with Gasteiger partial charge in [0.05, 0.1) is 18.6 Å². The summed E-state index contributed by atoms with van der Waals surface area (Å²) in [6, 6.07) is 8.58. The van der Waals surface area contributed by atoms with Gasteiger partial charge in [0.25, 0.3) is 5.91 Å². The van der Waals surface area contributed by atoms with Crippen molar-refractivity contribution in [3.05, 3.63) is 52.0 Å². The average Bonchev–Trinajstić information content (AvgIpc) is 3.45. The number of esters is 1. The second-order valence-corrected chi connectivity index (χ2v) is 12.1. The van der Waals surface area contributed by atoms with Crippen LogP contribution < -0.4 is 11.1 Å². The van der Waals surface area contributed by atoms with Gasteiger partial charge in [0, 0.05) is 30.9 Å². The lowest BCUT2D eigenvalue weighted by atomic mass is 9.93. The number of hydrogen-bond acceptors (Lipinski definition) is 8. The van der Waals surface area contributed by atoms with Crippen LogP contribution in [-0.2, 0) is 20.7 Å². The molecule has 0 aliphatic carbocycles. The number of amides is 2. The summed E-state index contributed by atoms with van der Waals surface area (Å²) in [6.45, 7) is 11.8. The fourth-order valence-corrected chi connectivity index (χ4v) is 5.60. The van der Waals surface area contributed by atoms with Crippen LogP contribution in [0.25, 0.3) is 0 Å². The van der Waals surface area contributed by atoms with E-state index in [9.17, 15) is 19.5 Å². The van der Waals surface area contributed by atoms with Gasteiger partial charge in [0.1, 0.15) is 16.8 Å². The Morgan fingerprint density at radius 3 is 2.34 bits per heavy atom. The Balaban J connectivity index is 2.13. The van der Waals surface area contributed by atoms with Crippen molar-refractivity contribution in [2.24, 2.45) is 23.5 Å². The van der Waals surface area contributed by atoms with Crippen LogP contribution in [0, 0.1) is 17.8 Å². The molecule has 2 rings (SSSR count). The topological polar surface area (TPSA) is 135 Å². The first-order chi connectivity index (χ1) is 19.4. The molecule has 6 atom stereocenters. The molecule has 0 saturated carbocycles. The number of benzene rings is 1. The van der Waals surface area contributed by atoms with Gasteiger partial charge in [-0.3, -0.25) is 14.4 Å². The number of carbonyl (C=O) groups is 3. The molecule has 0 spiro atoms. The second kappa shape index (κ2) is 16.6. The maximum absolute atomic E-state index is 13.2. The molecule has 9 nitrogen and oxygen atoms in total. The Labute approximate surface area is 248 Å². The fraction of sp³-hybridized carbons (Fsp3) is 0.613. The van der Waals surface area contributed by atoms with Gasteiger partial charge in [0.15, 0.2) is 0 Å². The summed E-state index contributed by atoms with van der Waals surface area (Å²) in [5.41, 5.74) is 7.45. The van der Waals surface area contributed by atoms with E-state index < -0.39 is 18.1 Å². The molecule has 1 heterocycles. The smallest absolute Gasteiger partial charge is 0.308 e. The molecule has 2 amide bonds. The van der Waals surface area contributed by atoms with Gasteiger partial charge in [-0.1, -0.05) is 71.4 Å². The average molecular weight is 589 g/mol. The van der Waals surface area contributed by atoms with Crippen molar-refractivity contribution in [2.75, 3.05) is 13.7 Å². The summed E-state index contributed by atoms with van der Waals surface area (Å²) in [6.07, 6.45) is 1.08. The van der Waals surface area contributed by atoms with Crippen LogP contribution in [-0.4, -0.2) is 64.6 Å². The number of nitrogens with one attached hydrogen (secondary N) is 1. The molecule has 41 heavy (non-hydrogen) atoms. The largest absolute Gasteiger partial charge is 0.466 e. The van der Waals surface area contributed by atoms with Crippen LogP contribution in [0.1, 0.15) is 88.0 Å². The predicted molar refractivity (Wildman–Crippen MR) is 162 cm³/mol. The van der Waals surface area contributed by atoms with E-state index in [-0.39, 0.29) is 53.8 Å². The fourth-order valence-electron chi connectivity index (χ4n) is 4.81. The van der Waals surface area contributed by atoms with Gasteiger partial charge in [-0.25, -0.2) is 4.98 Å². The molecule has 0 bridgehead atoms. The molecule has 0 radical (unpaired) electrons. The highest BCUT2D eigenvalue weighted by Gasteiger charge is 2.32. The maximum Gasteiger partial charge on any atom is 0.308 e. The lowest BCUT2D eigenvalue weighted by Gasteiger charge is -2.35. The maximum atomic E-state index is 13.2. The number of aliphatic hydroxyl groups is 1. The van der Waals surface area contributed by atoms with Crippen LogP contribution in [0.15, 0.2) is 35.7 Å². The van der Waals surface area contributed by atoms with E-state index in [0.717, 1.165) is 12.0 Å². The molecular formula is C31H48N4O5S. The van der Waals surface area contributed by atoms with E-state index in [1.165, 1.54) is 11.3 Å². The monoisotopic (exact) mass is 588 g/mol. The number of nitrogens with zero attached hydrogens (tertiary/aromatic N) is 2. The van der Waals surface area contributed by atoms with Gasteiger partial charge in [-0.15, -0.1) is 11.3 Å². The van der Waals surface area contributed by atoms with E-state index in [1.807, 2.05) is 58.0 Å². The minimum atomic E-state index is -0.951. The molecule has 2 aromatic rings. The summed E-state index contributed by atoms with van der Waals surface area (Å²) >= 11 is 1.21. The second-order valence-electron chi connectivity index (χ2n) is 11.2. The molecule has 4 N–H and O–H groups in total. The van der Waals surface area contributed by atoms with E-state index in [2.05, 4.69) is 10.3 Å². The zero-order chi connectivity index (χ0) is 30.7. The lowest BCUT2D eigenvalue weighted by molar-refractivity contribution is -0.147. The Bertz CT molecular complexity index is 1110. The SMILES string of the molecule is CCOC(=O)C(C)CC(Cc1ccccc1)NC(=O)c1csc(C(O)CC(C(C)C)N(C)C(=O)C(N)C(C)CC)n1. The van der Waals surface area contributed by atoms with Crippen molar-refractivity contribution in [1.82, 2.24) is 15.2 Å². The molecule has 0 aliphatic rings. The van der Waals surface area contributed by atoms with E-state index >= 15 is 0 Å². The Kier molecular flexibility index (Phi) is 13.9. The summed E-state index contributed by atoms with van der Waals surface area (Å²) in [4.78, 5) is 44.6. The van der Waals surface area contributed by atoms with Crippen molar-refractivity contribution < 1.29 is 24.2 Å². The number of thiazole rings is 1. The number of aromatic nitrogens is 1. The third kappa shape index (κ3) is 10.2. The molecule has 6 unspecified atom stereocenters. The number of likely N-dealkylation sites (N-methyl/N-ethyl adjacent to an activating group) is 1. The first kappa shape index (κ1) is 34.4. The summed E-state index contributed by atoms with van der Waals surface area (Å²) in [5.74, 6) is -1.08. The van der Waals surface area contributed by atoms with Crippen LogP contribution in [0.3, 0.4) is 0 Å². The zero-order valence-corrected chi connectivity index (χ0v) is 26.3. The number of aliphatic hydroxyl groups excluding tert-OH is 1. The highest BCUT2D eigenvalue weighted by atomic mass is 32.1. The summed E-state index contributed by atoms with van der Waals surface area (Å²) in [7, 11) is 1.73. The standard InChI is InChI=1S/C31H48N4O5S/c1-8-20(5)27(32)30(38)35(7)25(19(3)4)17-26(36)29-34-24(18-41-29)28(37)33-23(15-21(6)31(39)40-9-2)16-22-13-11-10-12-14-22/h10-14,18-21,23,25-27,36H,8-9,15-17,32H2,1-7H3,(H,33,37). The van der Waals surface area contributed by atoms with E-state index in [4.69, 9.17) is 10.5 Å². The number of ether oxygens (including phenoxy) is 1. The Morgan fingerprint density at radius 2 is 1.76 bits per heavy atom. The van der Waals surface area contributed by atoms with Gasteiger partial charge < -0.3 is 25.8 Å². The van der Waals surface area contributed by atoms with Crippen LogP contribution in [0.4, 0.5) is 0 Å². The molecule has 1 aromatic carbocycles. The Morgan fingerprint density at radius 1 is 1.10 bits per heavy atom. The van der Waals surface area contributed by atoms with Crippen molar-refractivity contribution in [2.45, 2.75) is 91.5 Å². The number of nitrogens with two attached hydrogens (primary N) is 1. The number of rotatable bonds is 16. The van der Waals surface area contributed by atoms with Crippen LogP contribution in [0.2, 0.25) is 0 Å². The summed E-state index contributed by atoms with van der Waals surface area (Å²) in [5, 5.41) is 16.1. The molecular weight excluding hydrogens is 540 g/mol. The summed E-state index contributed by atoms with van der Waals surface area (Å²) < 4.78 is 5.16. The molecule has 1 aromatic heterocycles. The molecule has 0 aliphatic heterocycles. The van der Waals surface area contributed by atoms with E-state index in [0.29, 0.717) is 24.5 Å². The molecule has 10 heteroatoms. The normalized spacial score (nSPS) is 15.9. The zero-order valence-electron chi connectivity index (χ0n) is 25.5.